The zero-order valence-electron chi connectivity index (χ0n) is 13.0. The predicted octanol–water partition coefficient (Wildman–Crippen LogP) is 4.89. The normalized spacial score (nSPS) is 24.3. The first-order valence-electron chi connectivity index (χ1n) is 7.93. The lowest BCUT2D eigenvalue weighted by molar-refractivity contribution is 0.122. The highest BCUT2D eigenvalue weighted by Crippen LogP contribution is 2.35. The van der Waals surface area contributed by atoms with Crippen molar-refractivity contribution in [2.45, 2.75) is 51.1 Å². The third kappa shape index (κ3) is 4.13. The molecule has 0 aliphatic heterocycles. The van der Waals surface area contributed by atoms with Gasteiger partial charge in [0.05, 0.1) is 0 Å². The number of hydrogen-bond donors (Lipinski definition) is 1. The van der Waals surface area contributed by atoms with Crippen LogP contribution in [-0.4, -0.2) is 24.5 Å². The quantitative estimate of drug-likeness (QED) is 0.833. The number of nitrogens with zero attached hydrogens (tertiary/aromatic N) is 1. The molecule has 0 saturated heterocycles. The van der Waals surface area contributed by atoms with Crippen LogP contribution in [0, 0.1) is 5.92 Å². The Kier molecular flexibility index (Phi) is 6.36. The Morgan fingerprint density at radius 3 is 2.43 bits per heavy atom. The molecule has 0 bridgehead atoms. The monoisotopic (exact) mass is 328 g/mol. The molecule has 2 rings (SSSR count). The maximum Gasteiger partial charge on any atom is 0.0485 e. The highest BCUT2D eigenvalue weighted by atomic mass is 35.5. The zero-order chi connectivity index (χ0) is 15.4. The van der Waals surface area contributed by atoms with Crippen LogP contribution in [0.5, 0.6) is 0 Å². The van der Waals surface area contributed by atoms with E-state index in [-0.39, 0.29) is 6.04 Å². The number of nitrogens with two attached hydrogens (primary N) is 1. The molecule has 1 aliphatic rings. The number of hydrogen-bond acceptors (Lipinski definition) is 2. The number of halogens is 2. The van der Waals surface area contributed by atoms with E-state index >= 15 is 0 Å². The molecule has 0 heterocycles. The summed E-state index contributed by atoms with van der Waals surface area (Å²) in [6, 6.07) is 6.48. The van der Waals surface area contributed by atoms with E-state index in [1.807, 2.05) is 18.2 Å². The average molecular weight is 329 g/mol. The van der Waals surface area contributed by atoms with Crippen LogP contribution in [-0.2, 0) is 0 Å². The van der Waals surface area contributed by atoms with Gasteiger partial charge in [-0.25, -0.2) is 0 Å². The van der Waals surface area contributed by atoms with Crippen molar-refractivity contribution in [3.8, 4) is 0 Å². The molecule has 2 nitrogen and oxygen atoms in total. The van der Waals surface area contributed by atoms with Gasteiger partial charge in [-0.1, -0.05) is 42.6 Å². The number of likely N-dealkylation sites (N-methyl/N-ethyl adjacent to an activating group) is 1. The maximum absolute atomic E-state index is 6.36. The molecule has 0 aromatic heterocycles. The molecule has 4 heteroatoms. The third-order valence-corrected chi connectivity index (χ3v) is 5.57. The van der Waals surface area contributed by atoms with Gasteiger partial charge in [0, 0.05) is 28.7 Å². The first-order chi connectivity index (χ1) is 10.1. The molecule has 1 atom stereocenters. The van der Waals surface area contributed by atoms with Crippen molar-refractivity contribution in [2.75, 3.05) is 13.6 Å². The van der Waals surface area contributed by atoms with Crippen molar-refractivity contribution in [3.63, 3.8) is 0 Å². The molecule has 1 fully saturated rings. The number of rotatable bonds is 5. The summed E-state index contributed by atoms with van der Waals surface area (Å²) in [5, 5.41) is 1.39. The molecule has 0 amide bonds. The summed E-state index contributed by atoms with van der Waals surface area (Å²) in [7, 11) is 2.18. The molecule has 118 valence electrons. The van der Waals surface area contributed by atoms with Gasteiger partial charge < -0.3 is 5.73 Å². The lowest BCUT2D eigenvalue weighted by Crippen LogP contribution is -2.40. The third-order valence-electron chi connectivity index (χ3n) is 5.01. The maximum atomic E-state index is 6.36. The minimum absolute atomic E-state index is 0.165. The minimum atomic E-state index is 0.165. The lowest BCUT2D eigenvalue weighted by Gasteiger charge is -2.39. The van der Waals surface area contributed by atoms with Crippen LogP contribution < -0.4 is 5.73 Å². The highest BCUT2D eigenvalue weighted by molar-refractivity contribution is 6.35. The Morgan fingerprint density at radius 2 is 1.90 bits per heavy atom. The van der Waals surface area contributed by atoms with Gasteiger partial charge in [-0.05, 0) is 56.3 Å². The standard InChI is InChI=1S/C17H26Cl2N2/c1-3-12-4-7-14(8-5-12)21(2)17(11-20)15-9-6-13(18)10-16(15)19/h6,9-10,12,14,17H,3-5,7-8,11,20H2,1-2H3. The minimum Gasteiger partial charge on any atom is -0.329 e. The smallest absolute Gasteiger partial charge is 0.0485 e. The lowest BCUT2D eigenvalue weighted by atomic mass is 9.83. The summed E-state index contributed by atoms with van der Waals surface area (Å²) in [4.78, 5) is 2.42. The van der Waals surface area contributed by atoms with Crippen LogP contribution in [0.15, 0.2) is 18.2 Å². The van der Waals surface area contributed by atoms with Crippen molar-refractivity contribution >= 4 is 23.2 Å². The van der Waals surface area contributed by atoms with E-state index in [9.17, 15) is 0 Å². The van der Waals surface area contributed by atoms with Gasteiger partial charge in [-0.2, -0.15) is 0 Å². The van der Waals surface area contributed by atoms with Crippen LogP contribution >= 0.6 is 23.2 Å². The molecule has 1 aromatic rings. The summed E-state index contributed by atoms with van der Waals surface area (Å²) in [6.07, 6.45) is 6.49. The van der Waals surface area contributed by atoms with E-state index in [4.69, 9.17) is 28.9 Å². The van der Waals surface area contributed by atoms with Crippen molar-refractivity contribution in [2.24, 2.45) is 11.7 Å². The van der Waals surface area contributed by atoms with Gasteiger partial charge in [0.1, 0.15) is 0 Å². The molecule has 21 heavy (non-hydrogen) atoms. The van der Waals surface area contributed by atoms with Crippen LogP contribution in [0.1, 0.15) is 50.6 Å². The topological polar surface area (TPSA) is 29.3 Å². The highest BCUT2D eigenvalue weighted by Gasteiger charge is 2.28. The van der Waals surface area contributed by atoms with Gasteiger partial charge in [0.15, 0.2) is 0 Å². The summed E-state index contributed by atoms with van der Waals surface area (Å²) < 4.78 is 0. The van der Waals surface area contributed by atoms with Gasteiger partial charge in [-0.3, -0.25) is 4.90 Å². The van der Waals surface area contributed by atoms with Gasteiger partial charge in [0.25, 0.3) is 0 Å². The molecule has 0 spiro atoms. The van der Waals surface area contributed by atoms with Crippen molar-refractivity contribution < 1.29 is 0 Å². The first-order valence-corrected chi connectivity index (χ1v) is 8.69. The van der Waals surface area contributed by atoms with Crippen LogP contribution in [0.3, 0.4) is 0 Å². The average Bonchev–Trinajstić information content (AvgIpc) is 2.50. The van der Waals surface area contributed by atoms with E-state index in [1.54, 1.807) is 0 Å². The Morgan fingerprint density at radius 1 is 1.24 bits per heavy atom. The summed E-state index contributed by atoms with van der Waals surface area (Å²) in [6.45, 7) is 2.87. The summed E-state index contributed by atoms with van der Waals surface area (Å²) >= 11 is 12.4. The summed E-state index contributed by atoms with van der Waals surface area (Å²) in [5.74, 6) is 0.907. The van der Waals surface area contributed by atoms with Gasteiger partial charge in [0.2, 0.25) is 0 Å². The Hall–Kier alpha value is -0.280. The van der Waals surface area contributed by atoms with Gasteiger partial charge >= 0.3 is 0 Å². The largest absolute Gasteiger partial charge is 0.329 e. The van der Waals surface area contributed by atoms with E-state index in [1.165, 1.54) is 32.1 Å². The van der Waals surface area contributed by atoms with Crippen LogP contribution in [0.25, 0.3) is 0 Å². The van der Waals surface area contributed by atoms with Crippen LogP contribution in [0.4, 0.5) is 0 Å². The van der Waals surface area contributed by atoms with E-state index in [2.05, 4.69) is 18.9 Å². The Balaban J connectivity index is 2.10. The fraction of sp³-hybridized carbons (Fsp3) is 0.647. The first kappa shape index (κ1) is 17.1. The molecule has 1 saturated carbocycles. The second-order valence-corrected chi connectivity index (χ2v) is 7.01. The van der Waals surface area contributed by atoms with Crippen molar-refractivity contribution in [3.05, 3.63) is 33.8 Å². The van der Waals surface area contributed by atoms with E-state index < -0.39 is 0 Å². The van der Waals surface area contributed by atoms with Gasteiger partial charge in [-0.15, -0.1) is 0 Å². The Bertz CT molecular complexity index is 456. The van der Waals surface area contributed by atoms with Crippen molar-refractivity contribution in [1.29, 1.82) is 0 Å². The van der Waals surface area contributed by atoms with E-state index in [0.29, 0.717) is 22.6 Å². The second kappa shape index (κ2) is 7.82. The van der Waals surface area contributed by atoms with E-state index in [0.717, 1.165) is 11.5 Å². The van der Waals surface area contributed by atoms with Crippen molar-refractivity contribution in [1.82, 2.24) is 4.90 Å². The molecular formula is C17H26Cl2N2. The summed E-state index contributed by atoms with van der Waals surface area (Å²) in [5.41, 5.74) is 7.13. The van der Waals surface area contributed by atoms with Crippen LogP contribution in [0.2, 0.25) is 10.0 Å². The zero-order valence-corrected chi connectivity index (χ0v) is 14.5. The fourth-order valence-corrected chi connectivity index (χ4v) is 4.03. The second-order valence-electron chi connectivity index (χ2n) is 6.17. The molecule has 1 unspecified atom stereocenters. The molecular weight excluding hydrogens is 303 g/mol. The SMILES string of the molecule is CCC1CCC(N(C)C(CN)c2ccc(Cl)cc2Cl)CC1. The molecule has 1 aromatic carbocycles. The Labute approximate surface area is 138 Å². The predicted molar refractivity (Wildman–Crippen MR) is 92.1 cm³/mol. The number of benzene rings is 1. The molecule has 2 N–H and O–H groups in total. The molecule has 1 aliphatic carbocycles. The molecule has 0 radical (unpaired) electrons. The fourth-order valence-electron chi connectivity index (χ4n) is 3.50.